The predicted octanol–water partition coefficient (Wildman–Crippen LogP) is 4.64. The molecule has 0 fully saturated rings. The van der Waals surface area contributed by atoms with Gasteiger partial charge in [0, 0.05) is 34.7 Å². The van der Waals surface area contributed by atoms with Gasteiger partial charge in [-0.1, -0.05) is 17.7 Å². The van der Waals surface area contributed by atoms with Gasteiger partial charge in [0.2, 0.25) is 0 Å². The van der Waals surface area contributed by atoms with Crippen molar-refractivity contribution >= 4 is 22.5 Å². The second-order valence-electron chi connectivity index (χ2n) is 7.03. The molecule has 0 bridgehead atoms. The fourth-order valence-corrected chi connectivity index (χ4v) is 4.84. The molecule has 2 aliphatic heterocycles. The van der Waals surface area contributed by atoms with Crippen molar-refractivity contribution in [3.8, 4) is 0 Å². The Balaban J connectivity index is 1.81. The van der Waals surface area contributed by atoms with E-state index in [2.05, 4.69) is 28.9 Å². The number of hydrogen-bond acceptors (Lipinski definition) is 1. The zero-order valence-electron chi connectivity index (χ0n) is 13.5. The van der Waals surface area contributed by atoms with E-state index >= 15 is 0 Å². The van der Waals surface area contributed by atoms with Gasteiger partial charge in [0.25, 0.3) is 0 Å². The molecule has 1 aromatic heterocycles. The topological polar surface area (TPSA) is 19.0 Å². The summed E-state index contributed by atoms with van der Waals surface area (Å²) in [5, 5.41) is 1.98. The number of benzene rings is 2. The van der Waals surface area contributed by atoms with E-state index in [-0.39, 0.29) is 11.4 Å². The zero-order valence-corrected chi connectivity index (χ0v) is 14.3. The quantitative estimate of drug-likeness (QED) is 0.631. The standard InChI is InChI=1S/C20H18ClFN2/c1-20-17-4-3-14(22)10-12(17)6-8-24(20)9-7-15-16-11-13(21)2-5-18(16)23-19(15)20/h2-5,10-11,23H,6-9H2,1H3. The molecule has 0 saturated carbocycles. The molecule has 3 aromatic rings. The molecule has 1 unspecified atom stereocenters. The van der Waals surface area contributed by atoms with Crippen LogP contribution < -0.4 is 0 Å². The summed E-state index contributed by atoms with van der Waals surface area (Å²) >= 11 is 6.22. The van der Waals surface area contributed by atoms with Gasteiger partial charge in [-0.15, -0.1) is 0 Å². The maximum atomic E-state index is 13.7. The summed E-state index contributed by atoms with van der Waals surface area (Å²) < 4.78 is 13.7. The van der Waals surface area contributed by atoms with Crippen LogP contribution in [0.2, 0.25) is 5.02 Å². The SMILES string of the molecule is CC12c3ccc(F)cc3CCN1CCc1c2[nH]c2ccc(Cl)cc12. The summed E-state index contributed by atoms with van der Waals surface area (Å²) in [6.45, 7) is 4.24. The van der Waals surface area contributed by atoms with Crippen LogP contribution in [0.1, 0.15) is 29.3 Å². The number of aromatic amines is 1. The van der Waals surface area contributed by atoms with Crippen molar-refractivity contribution in [3.63, 3.8) is 0 Å². The van der Waals surface area contributed by atoms with Gasteiger partial charge in [-0.3, -0.25) is 4.90 Å². The molecule has 3 heterocycles. The Labute approximate surface area is 145 Å². The summed E-state index contributed by atoms with van der Waals surface area (Å²) in [4.78, 5) is 6.16. The number of nitrogens with zero attached hydrogens (tertiary/aromatic N) is 1. The smallest absolute Gasteiger partial charge is 0.123 e. The lowest BCUT2D eigenvalue weighted by molar-refractivity contribution is 0.111. The molecule has 0 aliphatic carbocycles. The summed E-state index contributed by atoms with van der Waals surface area (Å²) in [6, 6.07) is 11.3. The summed E-state index contributed by atoms with van der Waals surface area (Å²) in [5.41, 5.74) is 5.82. The van der Waals surface area contributed by atoms with Gasteiger partial charge in [-0.25, -0.2) is 4.39 Å². The van der Waals surface area contributed by atoms with E-state index in [1.54, 1.807) is 12.1 Å². The van der Waals surface area contributed by atoms with Gasteiger partial charge in [0.15, 0.2) is 0 Å². The first-order valence-electron chi connectivity index (χ1n) is 8.42. The molecule has 122 valence electrons. The maximum Gasteiger partial charge on any atom is 0.123 e. The molecular weight excluding hydrogens is 323 g/mol. The van der Waals surface area contributed by atoms with Crippen LogP contribution >= 0.6 is 11.6 Å². The van der Waals surface area contributed by atoms with E-state index in [0.29, 0.717) is 0 Å². The van der Waals surface area contributed by atoms with Crippen molar-refractivity contribution in [2.45, 2.75) is 25.3 Å². The third kappa shape index (κ3) is 1.80. The number of fused-ring (bicyclic) bond motifs is 7. The van der Waals surface area contributed by atoms with Crippen LogP contribution in [0.15, 0.2) is 36.4 Å². The van der Waals surface area contributed by atoms with Crippen LogP contribution in [-0.4, -0.2) is 23.0 Å². The predicted molar refractivity (Wildman–Crippen MR) is 95.1 cm³/mol. The molecule has 1 N–H and O–H groups in total. The summed E-state index contributed by atoms with van der Waals surface area (Å²) in [5.74, 6) is -0.148. The molecule has 2 aromatic carbocycles. The van der Waals surface area contributed by atoms with Crippen LogP contribution in [0.25, 0.3) is 10.9 Å². The first-order valence-corrected chi connectivity index (χ1v) is 8.80. The van der Waals surface area contributed by atoms with Crippen molar-refractivity contribution < 1.29 is 4.39 Å². The lowest BCUT2D eigenvalue weighted by atomic mass is 9.75. The number of hydrogen-bond donors (Lipinski definition) is 1. The van der Waals surface area contributed by atoms with E-state index in [1.165, 1.54) is 22.2 Å². The van der Waals surface area contributed by atoms with Crippen molar-refractivity contribution in [3.05, 3.63) is 69.6 Å². The minimum Gasteiger partial charge on any atom is -0.356 e. The van der Waals surface area contributed by atoms with E-state index < -0.39 is 0 Å². The van der Waals surface area contributed by atoms with Crippen LogP contribution in [0.5, 0.6) is 0 Å². The minimum atomic E-state index is -0.236. The Bertz CT molecular complexity index is 977. The molecule has 2 aliphatic rings. The van der Waals surface area contributed by atoms with E-state index in [0.717, 1.165) is 42.0 Å². The summed E-state index contributed by atoms with van der Waals surface area (Å²) in [7, 11) is 0. The van der Waals surface area contributed by atoms with Crippen LogP contribution in [0.4, 0.5) is 4.39 Å². The molecule has 24 heavy (non-hydrogen) atoms. The first-order chi connectivity index (χ1) is 11.6. The van der Waals surface area contributed by atoms with Crippen LogP contribution in [0, 0.1) is 5.82 Å². The highest BCUT2D eigenvalue weighted by Gasteiger charge is 2.45. The number of nitrogens with one attached hydrogen (secondary N) is 1. The molecule has 1 atom stereocenters. The van der Waals surface area contributed by atoms with Gasteiger partial charge in [-0.2, -0.15) is 0 Å². The number of halogens is 2. The Morgan fingerprint density at radius 3 is 2.83 bits per heavy atom. The Morgan fingerprint density at radius 2 is 1.96 bits per heavy atom. The molecule has 0 spiro atoms. The average Bonchev–Trinajstić information content (AvgIpc) is 2.93. The highest BCUT2D eigenvalue weighted by molar-refractivity contribution is 6.31. The minimum absolute atomic E-state index is 0.148. The monoisotopic (exact) mass is 340 g/mol. The van der Waals surface area contributed by atoms with Gasteiger partial charge in [0.1, 0.15) is 5.82 Å². The zero-order chi connectivity index (χ0) is 16.5. The molecule has 4 heteroatoms. The Hall–Kier alpha value is -1.84. The Kier molecular flexibility index (Phi) is 2.92. The van der Waals surface area contributed by atoms with Crippen molar-refractivity contribution in [1.29, 1.82) is 0 Å². The second-order valence-corrected chi connectivity index (χ2v) is 7.47. The van der Waals surface area contributed by atoms with E-state index in [4.69, 9.17) is 11.6 Å². The van der Waals surface area contributed by atoms with Crippen molar-refractivity contribution in [2.75, 3.05) is 13.1 Å². The molecule has 0 radical (unpaired) electrons. The van der Waals surface area contributed by atoms with Crippen LogP contribution in [0.3, 0.4) is 0 Å². The molecule has 0 saturated heterocycles. The highest BCUT2D eigenvalue weighted by Crippen LogP contribution is 2.46. The van der Waals surface area contributed by atoms with Gasteiger partial charge in [-0.05, 0) is 66.8 Å². The average molecular weight is 341 g/mol. The third-order valence-corrected chi connectivity index (χ3v) is 6.10. The lowest BCUT2D eigenvalue weighted by Crippen LogP contribution is -2.53. The Morgan fingerprint density at radius 1 is 1.12 bits per heavy atom. The number of aromatic nitrogens is 1. The lowest BCUT2D eigenvalue weighted by Gasteiger charge is -2.49. The summed E-state index contributed by atoms with van der Waals surface area (Å²) in [6.07, 6.45) is 1.92. The number of rotatable bonds is 0. The van der Waals surface area contributed by atoms with Gasteiger partial charge in [0.05, 0.1) is 5.54 Å². The van der Waals surface area contributed by atoms with Crippen LogP contribution in [-0.2, 0) is 18.4 Å². The molecule has 2 nitrogen and oxygen atoms in total. The van der Waals surface area contributed by atoms with Crippen molar-refractivity contribution in [1.82, 2.24) is 9.88 Å². The van der Waals surface area contributed by atoms with E-state index in [9.17, 15) is 4.39 Å². The maximum absolute atomic E-state index is 13.7. The normalized spacial score (nSPS) is 23.0. The largest absolute Gasteiger partial charge is 0.356 e. The fraction of sp³-hybridized carbons (Fsp3) is 0.300. The third-order valence-electron chi connectivity index (χ3n) is 5.86. The molecule has 0 amide bonds. The fourth-order valence-electron chi connectivity index (χ4n) is 4.66. The molecular formula is C20H18ClFN2. The van der Waals surface area contributed by atoms with Gasteiger partial charge >= 0.3 is 0 Å². The van der Waals surface area contributed by atoms with Gasteiger partial charge < -0.3 is 4.98 Å². The number of H-pyrrole nitrogens is 1. The van der Waals surface area contributed by atoms with E-state index in [1.807, 2.05) is 12.1 Å². The second kappa shape index (κ2) is 4.84. The highest BCUT2D eigenvalue weighted by atomic mass is 35.5. The first kappa shape index (κ1) is 14.5. The van der Waals surface area contributed by atoms with Crippen molar-refractivity contribution in [2.24, 2.45) is 0 Å². The molecule has 5 rings (SSSR count).